The average Bonchev–Trinajstić information content (AvgIpc) is 3.30. The van der Waals surface area contributed by atoms with Gasteiger partial charge in [0.25, 0.3) is 0 Å². The van der Waals surface area contributed by atoms with Crippen molar-refractivity contribution in [3.63, 3.8) is 0 Å². The van der Waals surface area contributed by atoms with Gasteiger partial charge in [0.05, 0.1) is 12.8 Å². The zero-order valence-corrected chi connectivity index (χ0v) is 14.0. The number of hydrogen-bond donors (Lipinski definition) is 0. The van der Waals surface area contributed by atoms with Crippen LogP contribution in [0.1, 0.15) is 12.1 Å². The van der Waals surface area contributed by atoms with Gasteiger partial charge in [-0.05, 0) is 12.1 Å². The van der Waals surface area contributed by atoms with Crippen molar-refractivity contribution in [3.05, 3.63) is 49.1 Å². The molecule has 0 saturated heterocycles. The molecule has 0 N–H and O–H groups in total. The highest BCUT2D eigenvalue weighted by Gasteiger charge is 2.26. The lowest BCUT2D eigenvalue weighted by Crippen LogP contribution is -2.16. The Bertz CT molecular complexity index is 917. The molecule has 0 radical (unpaired) electrons. The van der Waals surface area contributed by atoms with Gasteiger partial charge in [-0.15, -0.1) is 11.3 Å². The van der Waals surface area contributed by atoms with Crippen LogP contribution in [0.3, 0.4) is 0 Å². The Balaban J connectivity index is 1.64. The summed E-state index contributed by atoms with van der Waals surface area (Å²) in [7, 11) is 0. The first kappa shape index (κ1) is 15.5. The average molecular weight is 354 g/mol. The first-order chi connectivity index (χ1) is 12.3. The van der Waals surface area contributed by atoms with Crippen molar-refractivity contribution in [3.8, 4) is 27.3 Å². The van der Waals surface area contributed by atoms with Crippen LogP contribution in [0, 0.1) is 0 Å². The third kappa shape index (κ3) is 3.16. The molecule has 8 heteroatoms. The minimum absolute atomic E-state index is 0.341. The first-order valence-electron chi connectivity index (χ1n) is 7.65. The van der Waals surface area contributed by atoms with Gasteiger partial charge < -0.3 is 14.0 Å². The number of ether oxygens (including phenoxy) is 1. The molecule has 3 aromatic rings. The van der Waals surface area contributed by atoms with E-state index in [0.29, 0.717) is 42.9 Å². The lowest BCUT2D eigenvalue weighted by Gasteiger charge is -2.11. The predicted molar refractivity (Wildman–Crippen MR) is 93.6 cm³/mol. The van der Waals surface area contributed by atoms with Gasteiger partial charge in [-0.1, -0.05) is 17.8 Å². The Morgan fingerprint density at radius 2 is 2.36 bits per heavy atom. The number of fused-ring (bicyclic) bond motifs is 1. The lowest BCUT2D eigenvalue weighted by molar-refractivity contribution is 0.171. The zero-order valence-electron chi connectivity index (χ0n) is 13.2. The lowest BCUT2D eigenvalue weighted by atomic mass is 10.2. The summed E-state index contributed by atoms with van der Waals surface area (Å²) in [5.74, 6) is 0.814. The fraction of sp³-hybridized carbons (Fsp3) is 0.176. The third-order valence-corrected chi connectivity index (χ3v) is 4.47. The largest absolute Gasteiger partial charge is 0.463 e. The summed E-state index contributed by atoms with van der Waals surface area (Å²) in [4.78, 5) is 19.0. The van der Waals surface area contributed by atoms with Gasteiger partial charge in [0.2, 0.25) is 5.89 Å². The third-order valence-electron chi connectivity index (χ3n) is 3.43. The van der Waals surface area contributed by atoms with Crippen LogP contribution in [0.25, 0.3) is 21.3 Å². The molecule has 7 nitrogen and oxygen atoms in total. The molecule has 0 amide bonds. The molecule has 126 valence electrons. The number of nitrogens with zero attached hydrogens (tertiary/aromatic N) is 4. The van der Waals surface area contributed by atoms with Crippen molar-refractivity contribution in [2.45, 2.75) is 6.42 Å². The Kier molecular flexibility index (Phi) is 4.26. The second-order valence-electron chi connectivity index (χ2n) is 5.15. The number of aromatic nitrogens is 3. The molecule has 0 saturated carbocycles. The van der Waals surface area contributed by atoms with Crippen molar-refractivity contribution in [1.82, 2.24) is 15.0 Å². The fourth-order valence-electron chi connectivity index (χ4n) is 2.30. The van der Waals surface area contributed by atoms with E-state index in [1.807, 2.05) is 12.1 Å². The summed E-state index contributed by atoms with van der Waals surface area (Å²) in [5, 5.41) is 4.95. The van der Waals surface area contributed by atoms with Crippen LogP contribution in [0.5, 0.6) is 5.95 Å². The second-order valence-corrected chi connectivity index (χ2v) is 6.18. The fourth-order valence-corrected chi connectivity index (χ4v) is 3.14. The van der Waals surface area contributed by atoms with E-state index >= 15 is 0 Å². The Morgan fingerprint density at radius 1 is 1.40 bits per heavy atom. The van der Waals surface area contributed by atoms with Gasteiger partial charge >= 0.3 is 5.95 Å². The Morgan fingerprint density at radius 3 is 3.20 bits per heavy atom. The molecule has 0 bridgehead atoms. The smallest absolute Gasteiger partial charge is 0.315 e. The highest BCUT2D eigenvalue weighted by Crippen LogP contribution is 2.35. The van der Waals surface area contributed by atoms with Crippen LogP contribution in [0.2, 0.25) is 0 Å². The van der Waals surface area contributed by atoms with E-state index in [1.54, 1.807) is 24.7 Å². The van der Waals surface area contributed by atoms with Crippen LogP contribution in [0.15, 0.2) is 53.0 Å². The van der Waals surface area contributed by atoms with E-state index in [9.17, 15) is 0 Å². The molecule has 0 atom stereocenters. The number of oxime groups is 1. The molecule has 3 aromatic heterocycles. The first-order valence-corrected chi connectivity index (χ1v) is 8.47. The summed E-state index contributed by atoms with van der Waals surface area (Å²) >= 11 is 1.48. The molecule has 1 aliphatic heterocycles. The number of oxazole rings is 1. The van der Waals surface area contributed by atoms with Crippen molar-refractivity contribution in [2.75, 3.05) is 13.2 Å². The standard InChI is InChI=1S/C17H14N4O3S/c1-2-7-23-21-12-5-8-22-17-14(12)20-15(24-17)13-10-19-16(25-13)11-4-3-6-18-9-11/h2-4,6,9-10H,1,5,7-8H2/b21-12+. The van der Waals surface area contributed by atoms with E-state index in [4.69, 9.17) is 14.0 Å². The normalized spacial score (nSPS) is 14.8. The predicted octanol–water partition coefficient (Wildman–Crippen LogP) is 3.55. The van der Waals surface area contributed by atoms with Crippen LogP contribution in [-0.2, 0) is 4.84 Å². The molecule has 4 rings (SSSR count). The van der Waals surface area contributed by atoms with Gasteiger partial charge in [-0.25, -0.2) is 9.97 Å². The van der Waals surface area contributed by atoms with Gasteiger partial charge in [0.1, 0.15) is 22.2 Å². The Labute approximate surface area is 147 Å². The summed E-state index contributed by atoms with van der Waals surface area (Å²) in [6.45, 7) is 4.41. The van der Waals surface area contributed by atoms with E-state index in [-0.39, 0.29) is 0 Å². The summed E-state index contributed by atoms with van der Waals surface area (Å²) < 4.78 is 11.3. The van der Waals surface area contributed by atoms with E-state index in [0.717, 1.165) is 15.4 Å². The topological polar surface area (TPSA) is 82.6 Å². The number of pyridine rings is 1. The van der Waals surface area contributed by atoms with Gasteiger partial charge in [0.15, 0.2) is 5.69 Å². The van der Waals surface area contributed by atoms with Crippen LogP contribution >= 0.6 is 11.3 Å². The van der Waals surface area contributed by atoms with Crippen LogP contribution in [0.4, 0.5) is 0 Å². The van der Waals surface area contributed by atoms with Crippen molar-refractivity contribution in [1.29, 1.82) is 0 Å². The molecule has 0 unspecified atom stereocenters. The summed E-state index contributed by atoms with van der Waals surface area (Å²) in [6.07, 6.45) is 7.48. The number of thiazole rings is 1. The molecular weight excluding hydrogens is 340 g/mol. The van der Waals surface area contributed by atoms with Gasteiger partial charge in [-0.2, -0.15) is 0 Å². The number of hydrogen-bond acceptors (Lipinski definition) is 8. The maximum Gasteiger partial charge on any atom is 0.315 e. The van der Waals surface area contributed by atoms with Gasteiger partial charge in [-0.3, -0.25) is 4.98 Å². The Hall–Kier alpha value is -3.00. The van der Waals surface area contributed by atoms with E-state index in [1.165, 1.54) is 11.3 Å². The number of rotatable bonds is 5. The molecule has 0 fully saturated rings. The minimum atomic E-state index is 0.341. The molecule has 25 heavy (non-hydrogen) atoms. The van der Waals surface area contributed by atoms with Crippen molar-refractivity contribution in [2.24, 2.45) is 5.16 Å². The van der Waals surface area contributed by atoms with Crippen molar-refractivity contribution >= 4 is 17.0 Å². The highest BCUT2D eigenvalue weighted by molar-refractivity contribution is 7.18. The molecule has 1 aliphatic rings. The SMILES string of the molecule is C=CCO/N=C1\CCOc2oc(-c3cnc(-c4cccnc4)s3)nc21. The summed E-state index contributed by atoms with van der Waals surface area (Å²) in [5.41, 5.74) is 2.23. The van der Waals surface area contributed by atoms with Crippen molar-refractivity contribution < 1.29 is 14.0 Å². The molecule has 4 heterocycles. The quantitative estimate of drug-likeness (QED) is 0.396. The van der Waals surface area contributed by atoms with E-state index < -0.39 is 0 Å². The van der Waals surface area contributed by atoms with Crippen LogP contribution in [-0.4, -0.2) is 33.9 Å². The molecule has 0 aromatic carbocycles. The second kappa shape index (κ2) is 6.86. The summed E-state index contributed by atoms with van der Waals surface area (Å²) in [6, 6.07) is 3.83. The van der Waals surface area contributed by atoms with Crippen LogP contribution < -0.4 is 4.74 Å². The molecular formula is C17H14N4O3S. The highest BCUT2D eigenvalue weighted by atomic mass is 32.1. The van der Waals surface area contributed by atoms with E-state index in [2.05, 4.69) is 26.7 Å². The maximum absolute atomic E-state index is 5.74. The molecule has 0 spiro atoms. The zero-order chi connectivity index (χ0) is 17.1. The maximum atomic E-state index is 5.74. The minimum Gasteiger partial charge on any atom is -0.463 e. The molecule has 0 aliphatic carbocycles. The van der Waals surface area contributed by atoms with Gasteiger partial charge in [0, 0.05) is 24.4 Å². The monoisotopic (exact) mass is 354 g/mol.